The monoisotopic (exact) mass is 361 g/mol. The van der Waals surface area contributed by atoms with E-state index in [0.717, 1.165) is 35.5 Å². The van der Waals surface area contributed by atoms with Crippen LogP contribution in [0.15, 0.2) is 58.4 Å². The molecule has 2 aromatic carbocycles. The highest BCUT2D eigenvalue weighted by Crippen LogP contribution is 2.31. The normalized spacial score (nSPS) is 15.4. The smallest absolute Gasteiger partial charge is 0.282 e. The molecule has 0 bridgehead atoms. The molecule has 4 rings (SSSR count). The quantitative estimate of drug-likeness (QED) is 0.650. The van der Waals surface area contributed by atoms with Crippen molar-refractivity contribution < 1.29 is 4.74 Å². The molecule has 1 fully saturated rings. The van der Waals surface area contributed by atoms with Crippen LogP contribution in [-0.2, 0) is 0 Å². The van der Waals surface area contributed by atoms with Crippen LogP contribution in [0, 0.1) is 0 Å². The first kappa shape index (κ1) is 17.5. The standard InChI is InChI=1S/C22H23N3O2/c1-27-18-11-7-8-16(14-18)15-23-25-21(17-9-3-2-4-10-17)24-20-13-6-5-12-19(20)22(25)26/h5-8,11-15,17H,2-4,9-10H2,1H3. The average molecular weight is 361 g/mol. The zero-order valence-corrected chi connectivity index (χ0v) is 15.5. The molecular formula is C22H23N3O2. The van der Waals surface area contributed by atoms with Gasteiger partial charge in [-0.1, -0.05) is 43.5 Å². The van der Waals surface area contributed by atoms with Gasteiger partial charge in [-0.15, -0.1) is 0 Å². The van der Waals surface area contributed by atoms with Gasteiger partial charge in [-0.2, -0.15) is 9.78 Å². The number of ether oxygens (including phenoxy) is 1. The first-order valence-corrected chi connectivity index (χ1v) is 9.46. The van der Waals surface area contributed by atoms with Crippen molar-refractivity contribution >= 4 is 17.1 Å². The Bertz CT molecular complexity index is 1030. The molecule has 1 saturated carbocycles. The molecule has 1 heterocycles. The van der Waals surface area contributed by atoms with Crippen molar-refractivity contribution in [1.29, 1.82) is 0 Å². The largest absolute Gasteiger partial charge is 0.497 e. The Morgan fingerprint density at radius 1 is 1.11 bits per heavy atom. The number of aromatic nitrogens is 2. The maximum atomic E-state index is 13.1. The van der Waals surface area contributed by atoms with E-state index in [1.165, 1.54) is 23.9 Å². The average Bonchev–Trinajstić information content (AvgIpc) is 2.74. The third-order valence-corrected chi connectivity index (χ3v) is 5.17. The number of rotatable bonds is 4. The zero-order chi connectivity index (χ0) is 18.6. The number of fused-ring (bicyclic) bond motifs is 1. The Labute approximate surface area is 158 Å². The van der Waals surface area contributed by atoms with E-state index in [4.69, 9.17) is 9.72 Å². The second-order valence-corrected chi connectivity index (χ2v) is 6.96. The van der Waals surface area contributed by atoms with E-state index in [-0.39, 0.29) is 11.5 Å². The van der Waals surface area contributed by atoms with Gasteiger partial charge in [0.1, 0.15) is 11.6 Å². The maximum absolute atomic E-state index is 13.1. The van der Waals surface area contributed by atoms with Crippen LogP contribution in [0.3, 0.4) is 0 Å². The van der Waals surface area contributed by atoms with Crippen molar-refractivity contribution in [2.24, 2.45) is 5.10 Å². The van der Waals surface area contributed by atoms with E-state index in [1.807, 2.05) is 48.5 Å². The predicted octanol–water partition coefficient (Wildman–Crippen LogP) is 4.34. The molecule has 1 aliphatic rings. The van der Waals surface area contributed by atoms with Crippen LogP contribution in [-0.4, -0.2) is 23.0 Å². The van der Waals surface area contributed by atoms with Crippen LogP contribution in [0.1, 0.15) is 49.4 Å². The van der Waals surface area contributed by atoms with Crippen LogP contribution < -0.4 is 10.3 Å². The molecule has 0 N–H and O–H groups in total. The van der Waals surface area contributed by atoms with Gasteiger partial charge in [0.15, 0.2) is 0 Å². The molecule has 0 atom stereocenters. The number of methoxy groups -OCH3 is 1. The fourth-order valence-electron chi connectivity index (χ4n) is 3.72. The maximum Gasteiger partial charge on any atom is 0.282 e. The lowest BCUT2D eigenvalue weighted by molar-refractivity contribution is 0.414. The van der Waals surface area contributed by atoms with Gasteiger partial charge < -0.3 is 4.74 Å². The van der Waals surface area contributed by atoms with Crippen LogP contribution in [0.5, 0.6) is 5.75 Å². The summed E-state index contributed by atoms with van der Waals surface area (Å²) in [5, 5.41) is 5.13. The summed E-state index contributed by atoms with van der Waals surface area (Å²) in [5.41, 5.74) is 1.51. The van der Waals surface area contributed by atoms with Gasteiger partial charge in [-0.25, -0.2) is 4.98 Å². The first-order valence-electron chi connectivity index (χ1n) is 9.46. The summed E-state index contributed by atoms with van der Waals surface area (Å²) in [5.74, 6) is 1.81. The van der Waals surface area contributed by atoms with Gasteiger partial charge in [-0.3, -0.25) is 4.79 Å². The minimum absolute atomic E-state index is 0.111. The molecule has 138 valence electrons. The second-order valence-electron chi connectivity index (χ2n) is 6.96. The lowest BCUT2D eigenvalue weighted by Crippen LogP contribution is -2.25. The second kappa shape index (κ2) is 7.74. The molecule has 1 aromatic heterocycles. The Kier molecular flexibility index (Phi) is 5.01. The number of benzene rings is 2. The van der Waals surface area contributed by atoms with Gasteiger partial charge >= 0.3 is 0 Å². The molecule has 0 unspecified atom stereocenters. The van der Waals surface area contributed by atoms with Crippen molar-refractivity contribution in [1.82, 2.24) is 9.66 Å². The Morgan fingerprint density at radius 2 is 1.93 bits per heavy atom. The van der Waals surface area contributed by atoms with Crippen molar-refractivity contribution in [3.05, 3.63) is 70.3 Å². The predicted molar refractivity (Wildman–Crippen MR) is 108 cm³/mol. The zero-order valence-electron chi connectivity index (χ0n) is 15.5. The van der Waals surface area contributed by atoms with Crippen molar-refractivity contribution in [2.75, 3.05) is 7.11 Å². The Morgan fingerprint density at radius 3 is 2.74 bits per heavy atom. The van der Waals surface area contributed by atoms with Crippen molar-refractivity contribution in [2.45, 2.75) is 38.0 Å². The molecule has 1 aliphatic carbocycles. The van der Waals surface area contributed by atoms with Crippen LogP contribution in [0.2, 0.25) is 0 Å². The molecule has 5 nitrogen and oxygen atoms in total. The molecule has 0 aliphatic heterocycles. The van der Waals surface area contributed by atoms with E-state index in [2.05, 4.69) is 5.10 Å². The molecule has 27 heavy (non-hydrogen) atoms. The number of hydrogen-bond acceptors (Lipinski definition) is 4. The Balaban J connectivity index is 1.82. The van der Waals surface area contributed by atoms with Gasteiger partial charge in [0, 0.05) is 5.92 Å². The van der Waals surface area contributed by atoms with E-state index in [9.17, 15) is 4.79 Å². The topological polar surface area (TPSA) is 56.5 Å². The van der Waals surface area contributed by atoms with E-state index < -0.39 is 0 Å². The summed E-state index contributed by atoms with van der Waals surface area (Å²) in [6.45, 7) is 0. The van der Waals surface area contributed by atoms with Gasteiger partial charge in [0.05, 0.1) is 24.2 Å². The van der Waals surface area contributed by atoms with E-state index >= 15 is 0 Å². The molecule has 5 heteroatoms. The molecule has 0 amide bonds. The van der Waals surface area contributed by atoms with Crippen molar-refractivity contribution in [3.8, 4) is 5.75 Å². The molecule has 0 saturated heterocycles. The van der Waals surface area contributed by atoms with Crippen LogP contribution >= 0.6 is 0 Å². The summed E-state index contributed by atoms with van der Waals surface area (Å²) in [6.07, 6.45) is 7.41. The van der Waals surface area contributed by atoms with Crippen LogP contribution in [0.4, 0.5) is 0 Å². The Hall–Kier alpha value is -2.95. The van der Waals surface area contributed by atoms with E-state index in [0.29, 0.717) is 5.39 Å². The highest BCUT2D eigenvalue weighted by molar-refractivity contribution is 5.81. The SMILES string of the molecule is COc1cccc(C=Nn2c(C3CCCCC3)nc3ccccc3c2=O)c1. The molecule has 0 radical (unpaired) electrons. The number of nitrogens with zero attached hydrogens (tertiary/aromatic N) is 3. The van der Waals surface area contributed by atoms with Crippen LogP contribution in [0.25, 0.3) is 10.9 Å². The van der Waals surface area contributed by atoms with Gasteiger partial charge in [-0.05, 0) is 42.7 Å². The van der Waals surface area contributed by atoms with E-state index in [1.54, 1.807) is 13.3 Å². The minimum atomic E-state index is -0.111. The fourth-order valence-corrected chi connectivity index (χ4v) is 3.72. The summed E-state index contributed by atoms with van der Waals surface area (Å²) >= 11 is 0. The highest BCUT2D eigenvalue weighted by atomic mass is 16.5. The summed E-state index contributed by atoms with van der Waals surface area (Å²) < 4.78 is 6.76. The molecular weight excluding hydrogens is 338 g/mol. The first-order chi connectivity index (χ1) is 13.3. The molecule has 3 aromatic rings. The van der Waals surface area contributed by atoms with Gasteiger partial charge in [0.2, 0.25) is 0 Å². The lowest BCUT2D eigenvalue weighted by atomic mass is 9.88. The third kappa shape index (κ3) is 3.63. The lowest BCUT2D eigenvalue weighted by Gasteiger charge is -2.22. The highest BCUT2D eigenvalue weighted by Gasteiger charge is 2.22. The summed E-state index contributed by atoms with van der Waals surface area (Å²) in [4.78, 5) is 18.0. The minimum Gasteiger partial charge on any atom is -0.497 e. The number of para-hydroxylation sites is 1. The van der Waals surface area contributed by atoms with Gasteiger partial charge in [0.25, 0.3) is 5.56 Å². The van der Waals surface area contributed by atoms with Crippen molar-refractivity contribution in [3.63, 3.8) is 0 Å². The molecule has 0 spiro atoms. The summed E-state index contributed by atoms with van der Waals surface area (Å²) in [6, 6.07) is 15.1. The number of hydrogen-bond donors (Lipinski definition) is 0. The summed E-state index contributed by atoms with van der Waals surface area (Å²) in [7, 11) is 1.63. The third-order valence-electron chi connectivity index (χ3n) is 5.17. The fraction of sp³-hybridized carbons (Fsp3) is 0.318.